The van der Waals surface area contributed by atoms with Gasteiger partial charge in [-0.25, -0.2) is 9.97 Å². The number of benzene rings is 1. The Balaban J connectivity index is 2.63. The summed E-state index contributed by atoms with van der Waals surface area (Å²) in [4.78, 5) is 7.72. The van der Waals surface area contributed by atoms with Gasteiger partial charge in [-0.3, -0.25) is 0 Å². The van der Waals surface area contributed by atoms with E-state index in [4.69, 9.17) is 40.5 Å². The zero-order valence-electron chi connectivity index (χ0n) is 7.92. The molecule has 0 fully saturated rings. The maximum Gasteiger partial charge on any atom is 0.221 e. The molecule has 1 aromatic heterocycles. The molecule has 2 aromatic rings. The minimum atomic E-state index is 0.118. The largest absolute Gasteiger partial charge is 0.368 e. The lowest BCUT2D eigenvalue weighted by Crippen LogP contribution is -1.95. The molecule has 1 aromatic carbocycles. The molecule has 2 N–H and O–H groups in total. The Kier molecular flexibility index (Phi) is 3.19. The first-order chi connectivity index (χ1) is 7.59. The second-order valence-electron chi connectivity index (χ2n) is 3.03. The molecule has 0 amide bonds. The third kappa shape index (κ3) is 2.07. The topological polar surface area (TPSA) is 51.8 Å². The standard InChI is InChI=1S/C10H6Cl3N3/c11-7-3-1-2-5(8(7)12)6-4-15-10(14)16-9(6)13/h1-4H,(H2,14,15,16). The lowest BCUT2D eigenvalue weighted by molar-refractivity contribution is 1.19. The number of nitrogens with zero attached hydrogens (tertiary/aromatic N) is 2. The zero-order valence-corrected chi connectivity index (χ0v) is 10.2. The number of rotatable bonds is 1. The third-order valence-corrected chi connectivity index (χ3v) is 3.11. The highest BCUT2D eigenvalue weighted by atomic mass is 35.5. The fourth-order valence-electron chi connectivity index (χ4n) is 1.27. The predicted octanol–water partition coefficient (Wildman–Crippen LogP) is 3.69. The Morgan fingerprint density at radius 1 is 1.06 bits per heavy atom. The molecule has 2 rings (SSSR count). The van der Waals surface area contributed by atoms with Crippen molar-refractivity contribution in [1.29, 1.82) is 0 Å². The first kappa shape index (κ1) is 11.5. The van der Waals surface area contributed by atoms with E-state index in [1.54, 1.807) is 18.2 Å². The Hall–Kier alpha value is -1.03. The summed E-state index contributed by atoms with van der Waals surface area (Å²) in [5, 5.41) is 1.11. The van der Waals surface area contributed by atoms with Crippen LogP contribution in [0.5, 0.6) is 0 Å². The molecule has 1 heterocycles. The molecule has 16 heavy (non-hydrogen) atoms. The van der Waals surface area contributed by atoms with Crippen LogP contribution in [-0.4, -0.2) is 9.97 Å². The van der Waals surface area contributed by atoms with Crippen molar-refractivity contribution in [1.82, 2.24) is 9.97 Å². The lowest BCUT2D eigenvalue weighted by Gasteiger charge is -2.07. The second-order valence-corrected chi connectivity index (χ2v) is 4.18. The molecular weight excluding hydrogens is 268 g/mol. The van der Waals surface area contributed by atoms with Crippen LogP contribution in [0.25, 0.3) is 11.1 Å². The molecule has 0 aliphatic carbocycles. The molecule has 0 bridgehead atoms. The van der Waals surface area contributed by atoms with Gasteiger partial charge in [0.25, 0.3) is 0 Å². The number of nitrogen functional groups attached to an aromatic ring is 1. The highest BCUT2D eigenvalue weighted by Crippen LogP contribution is 2.35. The number of aromatic nitrogens is 2. The van der Waals surface area contributed by atoms with Crippen LogP contribution in [0, 0.1) is 0 Å². The zero-order chi connectivity index (χ0) is 11.7. The van der Waals surface area contributed by atoms with Crippen LogP contribution in [0.1, 0.15) is 0 Å². The van der Waals surface area contributed by atoms with E-state index in [1.807, 2.05) is 0 Å². The Labute approximate surface area is 107 Å². The SMILES string of the molecule is Nc1ncc(-c2cccc(Cl)c2Cl)c(Cl)n1. The van der Waals surface area contributed by atoms with Crippen molar-refractivity contribution < 1.29 is 0 Å². The number of anilines is 1. The number of hydrogen-bond donors (Lipinski definition) is 1. The van der Waals surface area contributed by atoms with Gasteiger partial charge in [0.2, 0.25) is 5.95 Å². The Morgan fingerprint density at radius 3 is 2.50 bits per heavy atom. The molecule has 3 nitrogen and oxygen atoms in total. The normalized spacial score (nSPS) is 10.4. The molecular formula is C10H6Cl3N3. The quantitative estimate of drug-likeness (QED) is 0.807. The van der Waals surface area contributed by atoms with Crippen molar-refractivity contribution >= 4 is 40.8 Å². The maximum atomic E-state index is 6.06. The summed E-state index contributed by atoms with van der Waals surface area (Å²) in [6.07, 6.45) is 1.52. The van der Waals surface area contributed by atoms with Crippen LogP contribution in [0.2, 0.25) is 15.2 Å². The summed E-state index contributed by atoms with van der Waals surface area (Å²) in [6, 6.07) is 5.25. The van der Waals surface area contributed by atoms with Crippen LogP contribution in [0.15, 0.2) is 24.4 Å². The monoisotopic (exact) mass is 273 g/mol. The van der Waals surface area contributed by atoms with E-state index in [-0.39, 0.29) is 11.1 Å². The second kappa shape index (κ2) is 4.45. The van der Waals surface area contributed by atoms with Crippen molar-refractivity contribution in [2.75, 3.05) is 5.73 Å². The van der Waals surface area contributed by atoms with E-state index in [1.165, 1.54) is 6.20 Å². The molecule has 0 saturated heterocycles. The highest BCUT2D eigenvalue weighted by molar-refractivity contribution is 6.44. The van der Waals surface area contributed by atoms with Crippen LogP contribution >= 0.6 is 34.8 Å². The van der Waals surface area contributed by atoms with Gasteiger partial charge in [-0.1, -0.05) is 46.9 Å². The van der Waals surface area contributed by atoms with E-state index >= 15 is 0 Å². The summed E-state index contributed by atoms with van der Waals surface area (Å²) >= 11 is 17.9. The van der Waals surface area contributed by atoms with Crippen molar-refractivity contribution in [3.63, 3.8) is 0 Å². The summed E-state index contributed by atoms with van der Waals surface area (Å²) in [5.41, 5.74) is 6.69. The fraction of sp³-hybridized carbons (Fsp3) is 0. The van der Waals surface area contributed by atoms with Gasteiger partial charge in [0.15, 0.2) is 0 Å². The van der Waals surface area contributed by atoms with Gasteiger partial charge in [0.1, 0.15) is 5.15 Å². The lowest BCUT2D eigenvalue weighted by atomic mass is 10.1. The van der Waals surface area contributed by atoms with Gasteiger partial charge >= 0.3 is 0 Å². The van der Waals surface area contributed by atoms with Gasteiger partial charge in [0.05, 0.1) is 10.0 Å². The van der Waals surface area contributed by atoms with Crippen LogP contribution in [0.4, 0.5) is 5.95 Å². The van der Waals surface area contributed by atoms with Crippen molar-refractivity contribution in [2.24, 2.45) is 0 Å². The minimum absolute atomic E-state index is 0.118. The van der Waals surface area contributed by atoms with Crippen molar-refractivity contribution in [3.05, 3.63) is 39.6 Å². The van der Waals surface area contributed by atoms with Crippen LogP contribution in [-0.2, 0) is 0 Å². The van der Waals surface area contributed by atoms with E-state index in [2.05, 4.69) is 9.97 Å². The highest BCUT2D eigenvalue weighted by Gasteiger charge is 2.11. The van der Waals surface area contributed by atoms with E-state index in [0.717, 1.165) is 0 Å². The minimum Gasteiger partial charge on any atom is -0.368 e. The summed E-state index contributed by atoms with van der Waals surface area (Å²) in [7, 11) is 0. The summed E-state index contributed by atoms with van der Waals surface area (Å²) < 4.78 is 0. The average molecular weight is 275 g/mol. The molecule has 0 unspecified atom stereocenters. The van der Waals surface area contributed by atoms with Crippen LogP contribution < -0.4 is 5.73 Å². The Bertz CT molecular complexity index is 543. The van der Waals surface area contributed by atoms with Crippen molar-refractivity contribution in [2.45, 2.75) is 0 Å². The fourth-order valence-corrected chi connectivity index (χ4v) is 1.91. The first-order valence-electron chi connectivity index (χ1n) is 4.32. The molecule has 0 saturated carbocycles. The van der Waals surface area contributed by atoms with Crippen molar-refractivity contribution in [3.8, 4) is 11.1 Å². The maximum absolute atomic E-state index is 6.06. The Morgan fingerprint density at radius 2 is 1.81 bits per heavy atom. The summed E-state index contributed by atoms with van der Waals surface area (Å²) in [5.74, 6) is 0.118. The third-order valence-electron chi connectivity index (χ3n) is 2.00. The first-order valence-corrected chi connectivity index (χ1v) is 5.45. The van der Waals surface area contributed by atoms with Crippen LogP contribution in [0.3, 0.4) is 0 Å². The molecule has 0 atom stereocenters. The van der Waals surface area contributed by atoms with Gasteiger partial charge in [-0.05, 0) is 6.07 Å². The van der Waals surface area contributed by atoms with Gasteiger partial charge in [0, 0.05) is 17.3 Å². The van der Waals surface area contributed by atoms with Gasteiger partial charge in [-0.2, -0.15) is 0 Å². The molecule has 82 valence electrons. The van der Waals surface area contributed by atoms with Gasteiger partial charge < -0.3 is 5.73 Å². The number of nitrogens with two attached hydrogens (primary N) is 1. The smallest absolute Gasteiger partial charge is 0.221 e. The predicted molar refractivity (Wildman–Crippen MR) is 66.9 cm³/mol. The summed E-state index contributed by atoms with van der Waals surface area (Å²) in [6.45, 7) is 0. The molecule has 0 aliphatic heterocycles. The molecule has 6 heteroatoms. The molecule has 0 radical (unpaired) electrons. The average Bonchev–Trinajstić information content (AvgIpc) is 2.23. The van der Waals surface area contributed by atoms with Gasteiger partial charge in [-0.15, -0.1) is 0 Å². The molecule has 0 aliphatic rings. The van der Waals surface area contributed by atoms with E-state index in [0.29, 0.717) is 21.2 Å². The van der Waals surface area contributed by atoms with E-state index in [9.17, 15) is 0 Å². The van der Waals surface area contributed by atoms with E-state index < -0.39 is 0 Å². The number of hydrogen-bond acceptors (Lipinski definition) is 3. The number of halogens is 3. The molecule has 0 spiro atoms.